The number of nitrogens with zero attached hydrogens (tertiary/aromatic N) is 1. The number of halogens is 1. The fraction of sp³-hybridized carbons (Fsp3) is 0.429. The first-order valence-corrected chi connectivity index (χ1v) is 15.9. The van der Waals surface area contributed by atoms with Crippen LogP contribution < -0.4 is 10.6 Å². The van der Waals surface area contributed by atoms with Crippen molar-refractivity contribution in [3.63, 3.8) is 0 Å². The van der Waals surface area contributed by atoms with E-state index in [2.05, 4.69) is 29.7 Å². The minimum Gasteiger partial charge on any atom is -0.465 e. The predicted octanol–water partition coefficient (Wildman–Crippen LogP) is 5.83. The van der Waals surface area contributed by atoms with Crippen molar-refractivity contribution in [1.82, 2.24) is 15.5 Å². The monoisotopic (exact) mass is 621 g/mol. The highest BCUT2D eigenvalue weighted by Gasteiger charge is 2.43. The van der Waals surface area contributed by atoms with E-state index in [0.717, 1.165) is 41.6 Å². The second-order valence-electron chi connectivity index (χ2n) is 11.5. The molecule has 8 nitrogen and oxygen atoms in total. The molecule has 5 N–H and O–H groups in total. The molecular weight excluding hydrogens is 578 g/mol. The summed E-state index contributed by atoms with van der Waals surface area (Å²) in [6.45, 7) is 4.79. The van der Waals surface area contributed by atoms with Crippen molar-refractivity contribution < 1.29 is 24.9 Å². The summed E-state index contributed by atoms with van der Waals surface area (Å²) >= 11 is 6.85. The Morgan fingerprint density at radius 1 is 1.02 bits per heavy atom. The molecule has 1 aliphatic heterocycles. The smallest absolute Gasteiger partial charge is 0.404 e. The molecule has 0 aromatic heterocycles. The van der Waals surface area contributed by atoms with Crippen molar-refractivity contribution in [3.05, 3.63) is 94.0 Å². The van der Waals surface area contributed by atoms with Gasteiger partial charge in [0.1, 0.15) is 0 Å². The number of carbonyl (C=O) groups is 2. The minimum absolute atomic E-state index is 0.0775. The largest absolute Gasteiger partial charge is 0.465 e. The van der Waals surface area contributed by atoms with Crippen LogP contribution in [-0.2, 0) is 18.6 Å². The van der Waals surface area contributed by atoms with Crippen LogP contribution in [0.1, 0.15) is 66.1 Å². The molecule has 3 aromatic rings. The number of carbonyl (C=O) groups excluding carboxylic acids is 1. The third-order valence-electron chi connectivity index (χ3n) is 8.54. The zero-order valence-corrected chi connectivity index (χ0v) is 26.2. The summed E-state index contributed by atoms with van der Waals surface area (Å²) in [6.07, 6.45) is 2.62. The number of piperidine rings is 1. The Labute approximate surface area is 265 Å². The number of hydrogen-bond donors (Lipinski definition) is 5. The summed E-state index contributed by atoms with van der Waals surface area (Å²) < 4.78 is 0. The molecule has 236 valence electrons. The van der Waals surface area contributed by atoms with E-state index in [1.807, 2.05) is 59.5 Å². The molecule has 0 unspecified atom stereocenters. The van der Waals surface area contributed by atoms with E-state index in [1.165, 1.54) is 0 Å². The van der Waals surface area contributed by atoms with Gasteiger partial charge in [0.25, 0.3) is 5.91 Å². The summed E-state index contributed by atoms with van der Waals surface area (Å²) in [5.74, 6) is -0.363. The molecule has 1 fully saturated rings. The van der Waals surface area contributed by atoms with E-state index >= 15 is 0 Å². The lowest BCUT2D eigenvalue weighted by Gasteiger charge is -2.44. The number of rotatable bonds is 14. The molecule has 0 bridgehead atoms. The number of amides is 2. The van der Waals surface area contributed by atoms with Crippen LogP contribution >= 0.6 is 11.6 Å². The highest BCUT2D eigenvalue weighted by atomic mass is 35.5. The molecular formula is C35H44ClN3O5. The number of benzene rings is 3. The highest BCUT2D eigenvalue weighted by molar-refractivity contribution is 6.33. The maximum Gasteiger partial charge on any atom is 0.404 e. The normalized spacial score (nSPS) is 16.4. The Morgan fingerprint density at radius 2 is 1.80 bits per heavy atom. The SMILES string of the molecule is CCc1cccc(-c2c(Cl)cccc2[C@](O)(CCCNC(=O)O)[C@@H]2CCCN(C(=O)c3ccc(CNCCCO)cc3)C2)c1. The summed E-state index contributed by atoms with van der Waals surface area (Å²) in [4.78, 5) is 26.6. The van der Waals surface area contributed by atoms with Gasteiger partial charge in [-0.15, -0.1) is 0 Å². The number of carboxylic acid groups (broad SMARTS) is 1. The number of aliphatic hydroxyl groups excluding tert-OH is 1. The van der Waals surface area contributed by atoms with E-state index in [1.54, 1.807) is 0 Å². The third-order valence-corrected chi connectivity index (χ3v) is 8.86. The van der Waals surface area contributed by atoms with E-state index in [9.17, 15) is 14.7 Å². The lowest BCUT2D eigenvalue weighted by atomic mass is 9.72. The topological polar surface area (TPSA) is 122 Å². The average molecular weight is 622 g/mol. The van der Waals surface area contributed by atoms with Gasteiger partial charge in [-0.2, -0.15) is 0 Å². The van der Waals surface area contributed by atoms with Crippen LogP contribution in [0.25, 0.3) is 11.1 Å². The molecule has 9 heteroatoms. The first-order chi connectivity index (χ1) is 21.3. The molecule has 1 aliphatic rings. The van der Waals surface area contributed by atoms with Crippen LogP contribution in [0.3, 0.4) is 0 Å². The lowest BCUT2D eigenvalue weighted by Crippen LogP contribution is -2.48. The summed E-state index contributed by atoms with van der Waals surface area (Å²) in [5, 5.41) is 37.0. The van der Waals surface area contributed by atoms with Gasteiger partial charge in [-0.25, -0.2) is 4.79 Å². The fourth-order valence-electron chi connectivity index (χ4n) is 6.17. The van der Waals surface area contributed by atoms with Gasteiger partial charge in [-0.3, -0.25) is 4.79 Å². The van der Waals surface area contributed by atoms with Gasteiger partial charge < -0.3 is 30.9 Å². The molecule has 2 amide bonds. The van der Waals surface area contributed by atoms with E-state index in [0.29, 0.717) is 61.5 Å². The first kappa shape index (κ1) is 33.5. The zero-order chi connectivity index (χ0) is 31.5. The molecule has 44 heavy (non-hydrogen) atoms. The summed E-state index contributed by atoms with van der Waals surface area (Å²) in [5.41, 5.74) is 3.84. The Hall–Kier alpha value is -3.43. The molecule has 3 aromatic carbocycles. The number of hydrogen-bond acceptors (Lipinski definition) is 5. The number of nitrogens with one attached hydrogen (secondary N) is 2. The number of aliphatic hydroxyl groups is 2. The molecule has 2 atom stereocenters. The lowest BCUT2D eigenvalue weighted by molar-refractivity contribution is -0.0563. The molecule has 0 saturated carbocycles. The quantitative estimate of drug-likeness (QED) is 0.144. The average Bonchev–Trinajstić information content (AvgIpc) is 3.05. The van der Waals surface area contributed by atoms with Crippen molar-refractivity contribution in [2.75, 3.05) is 32.8 Å². The molecule has 0 spiro atoms. The van der Waals surface area contributed by atoms with Crippen molar-refractivity contribution in [2.24, 2.45) is 5.92 Å². The van der Waals surface area contributed by atoms with Gasteiger partial charge in [0.15, 0.2) is 0 Å². The third kappa shape index (κ3) is 8.39. The van der Waals surface area contributed by atoms with E-state index < -0.39 is 11.7 Å². The number of likely N-dealkylation sites (tertiary alicyclic amines) is 1. The van der Waals surface area contributed by atoms with E-state index in [-0.39, 0.29) is 25.0 Å². The Balaban J connectivity index is 1.62. The van der Waals surface area contributed by atoms with Gasteiger partial charge >= 0.3 is 6.09 Å². The Morgan fingerprint density at radius 3 is 2.52 bits per heavy atom. The highest BCUT2D eigenvalue weighted by Crippen LogP contribution is 2.45. The van der Waals surface area contributed by atoms with Crippen molar-refractivity contribution in [1.29, 1.82) is 0 Å². The second-order valence-corrected chi connectivity index (χ2v) is 11.9. The van der Waals surface area contributed by atoms with Crippen molar-refractivity contribution in [3.8, 4) is 11.1 Å². The zero-order valence-electron chi connectivity index (χ0n) is 25.4. The van der Waals surface area contributed by atoms with E-state index in [4.69, 9.17) is 21.8 Å². The fourth-order valence-corrected chi connectivity index (χ4v) is 6.46. The molecule has 1 saturated heterocycles. The molecule has 1 heterocycles. The molecule has 4 rings (SSSR count). The van der Waals surface area contributed by atoms with Gasteiger partial charge in [0, 0.05) is 54.9 Å². The van der Waals surface area contributed by atoms with Crippen LogP contribution in [0.5, 0.6) is 0 Å². The Bertz CT molecular complexity index is 1400. The van der Waals surface area contributed by atoms with Crippen molar-refractivity contribution in [2.45, 2.75) is 57.6 Å². The van der Waals surface area contributed by atoms with Crippen LogP contribution in [0.15, 0.2) is 66.7 Å². The number of aryl methyl sites for hydroxylation is 1. The van der Waals surface area contributed by atoms with Crippen molar-refractivity contribution >= 4 is 23.6 Å². The summed E-state index contributed by atoms with van der Waals surface area (Å²) in [6, 6.07) is 21.3. The summed E-state index contributed by atoms with van der Waals surface area (Å²) in [7, 11) is 0. The molecule has 0 aliphatic carbocycles. The van der Waals surface area contributed by atoms with Crippen LogP contribution in [0.4, 0.5) is 4.79 Å². The van der Waals surface area contributed by atoms with Crippen LogP contribution in [0, 0.1) is 5.92 Å². The maximum atomic E-state index is 13.7. The Kier molecular flexibility index (Phi) is 12.2. The first-order valence-electron chi connectivity index (χ1n) is 15.5. The van der Waals surface area contributed by atoms with Gasteiger partial charge in [0.2, 0.25) is 0 Å². The van der Waals surface area contributed by atoms with Crippen LogP contribution in [-0.4, -0.2) is 65.0 Å². The standard InChI is InChI=1S/C35H44ClN3O5/c1-2-25-8-3-9-28(22-25)32-30(11-4-12-31(32)36)35(44,17-6-19-38-34(42)43)29-10-5-20-39(24-29)33(41)27-15-13-26(14-16-27)23-37-18-7-21-40/h3-4,8-9,11-16,22,29,37-38,40,44H,2,5-7,10,17-21,23-24H2,1H3,(H,42,43)/t29-,35+/m1/s1. The van der Waals surface area contributed by atoms with Gasteiger partial charge in [0.05, 0.1) is 5.60 Å². The second kappa shape index (κ2) is 16.0. The molecule has 0 radical (unpaired) electrons. The van der Waals surface area contributed by atoms with Crippen LogP contribution in [0.2, 0.25) is 5.02 Å². The predicted molar refractivity (Wildman–Crippen MR) is 174 cm³/mol. The minimum atomic E-state index is -1.36. The maximum absolute atomic E-state index is 13.7. The van der Waals surface area contributed by atoms with Gasteiger partial charge in [-0.1, -0.05) is 67.1 Å². The van der Waals surface area contributed by atoms with Gasteiger partial charge in [-0.05, 0) is 85.5 Å².